The zero-order valence-electron chi connectivity index (χ0n) is 38.0. The standard InChI is InChI=1S/C52H90O6/c1-4-7-10-13-16-19-22-25-27-30-33-36-39-42-45-51(54)57-48-49(47-56-50(53)44-41-38-35-32-29-24-21-18-15-12-9-6-3)58-52(55)46-43-40-37-34-31-28-26-23-20-17-14-11-8-5-2/h13-14,16-18,21-23,25-26,49H,4-12,15,19-20,24,27-48H2,1-3H3/b16-13-,17-14-,21-18-,25-22-,26-23-/t49-/m1/s1. The van der Waals surface area contributed by atoms with Crippen molar-refractivity contribution in [3.63, 3.8) is 0 Å². The number of carbonyl (C=O) groups is 3. The number of ether oxygens (including phenoxy) is 3. The molecule has 0 aromatic carbocycles. The van der Waals surface area contributed by atoms with E-state index in [1.807, 2.05) is 0 Å². The average Bonchev–Trinajstić information content (AvgIpc) is 3.22. The second-order valence-electron chi connectivity index (χ2n) is 16.0. The van der Waals surface area contributed by atoms with Gasteiger partial charge in [0.15, 0.2) is 6.10 Å². The van der Waals surface area contributed by atoms with Gasteiger partial charge in [0.25, 0.3) is 0 Å². The normalized spacial score (nSPS) is 12.5. The molecule has 0 aliphatic carbocycles. The van der Waals surface area contributed by atoms with Crippen LogP contribution in [0.1, 0.15) is 233 Å². The van der Waals surface area contributed by atoms with Crippen LogP contribution in [0.4, 0.5) is 0 Å². The molecule has 0 unspecified atom stereocenters. The van der Waals surface area contributed by atoms with Crippen LogP contribution in [-0.4, -0.2) is 37.2 Å². The van der Waals surface area contributed by atoms with Crippen molar-refractivity contribution >= 4 is 17.9 Å². The van der Waals surface area contributed by atoms with Crippen molar-refractivity contribution in [1.29, 1.82) is 0 Å². The van der Waals surface area contributed by atoms with Gasteiger partial charge in [-0.3, -0.25) is 14.4 Å². The summed E-state index contributed by atoms with van der Waals surface area (Å²) in [5, 5.41) is 0. The van der Waals surface area contributed by atoms with E-state index in [1.54, 1.807) is 0 Å². The lowest BCUT2D eigenvalue weighted by atomic mass is 10.1. The molecule has 0 radical (unpaired) electrons. The van der Waals surface area contributed by atoms with E-state index in [0.717, 1.165) is 109 Å². The Morgan fingerprint density at radius 1 is 0.345 bits per heavy atom. The Kier molecular flexibility index (Phi) is 44.5. The van der Waals surface area contributed by atoms with Crippen LogP contribution in [0.15, 0.2) is 60.8 Å². The quantitative estimate of drug-likeness (QED) is 0.0264. The molecule has 0 N–H and O–H groups in total. The molecule has 0 aromatic heterocycles. The summed E-state index contributed by atoms with van der Waals surface area (Å²) in [5.74, 6) is -0.927. The summed E-state index contributed by atoms with van der Waals surface area (Å²) in [6.07, 6.45) is 56.2. The van der Waals surface area contributed by atoms with Gasteiger partial charge in [0, 0.05) is 19.3 Å². The Morgan fingerprint density at radius 2 is 0.638 bits per heavy atom. The average molecular weight is 811 g/mol. The molecule has 334 valence electrons. The summed E-state index contributed by atoms with van der Waals surface area (Å²) in [5.41, 5.74) is 0. The van der Waals surface area contributed by atoms with Gasteiger partial charge in [-0.2, -0.15) is 0 Å². The molecule has 1 atom stereocenters. The first-order valence-corrected chi connectivity index (χ1v) is 24.3. The Morgan fingerprint density at radius 3 is 1.02 bits per heavy atom. The van der Waals surface area contributed by atoms with Crippen LogP contribution in [0.3, 0.4) is 0 Å². The van der Waals surface area contributed by atoms with Crippen molar-refractivity contribution in [1.82, 2.24) is 0 Å². The lowest BCUT2D eigenvalue weighted by Gasteiger charge is -2.18. The highest BCUT2D eigenvalue weighted by molar-refractivity contribution is 5.71. The molecule has 0 aliphatic rings. The van der Waals surface area contributed by atoms with E-state index in [1.165, 1.54) is 83.5 Å². The minimum Gasteiger partial charge on any atom is -0.462 e. The van der Waals surface area contributed by atoms with E-state index in [-0.39, 0.29) is 31.1 Å². The SMILES string of the molecule is CCCC/C=C\C/C=C\CCCCCCCC(=O)OC[C@@H](COC(=O)CCCCCCC/C=C\CCCCC)OC(=O)CCCCCCC/C=C\C/C=C\CCCC. The monoisotopic (exact) mass is 811 g/mol. The first-order chi connectivity index (χ1) is 28.5. The number of allylic oxidation sites excluding steroid dienone is 10. The first kappa shape index (κ1) is 55.1. The fraction of sp³-hybridized carbons (Fsp3) is 0.750. The van der Waals surface area contributed by atoms with Gasteiger partial charge in [0.1, 0.15) is 13.2 Å². The first-order valence-electron chi connectivity index (χ1n) is 24.3. The summed E-state index contributed by atoms with van der Waals surface area (Å²) >= 11 is 0. The summed E-state index contributed by atoms with van der Waals surface area (Å²) in [6.45, 7) is 6.49. The van der Waals surface area contributed by atoms with E-state index in [4.69, 9.17) is 14.2 Å². The van der Waals surface area contributed by atoms with Crippen LogP contribution in [0.25, 0.3) is 0 Å². The van der Waals surface area contributed by atoms with E-state index in [9.17, 15) is 14.4 Å². The van der Waals surface area contributed by atoms with Crippen molar-refractivity contribution in [2.45, 2.75) is 239 Å². The van der Waals surface area contributed by atoms with Crippen LogP contribution in [0.2, 0.25) is 0 Å². The number of rotatable bonds is 43. The molecule has 6 nitrogen and oxygen atoms in total. The third-order valence-corrected chi connectivity index (χ3v) is 10.2. The van der Waals surface area contributed by atoms with Gasteiger partial charge in [0.05, 0.1) is 0 Å². The van der Waals surface area contributed by atoms with Crippen LogP contribution < -0.4 is 0 Å². The van der Waals surface area contributed by atoms with Crippen LogP contribution in [0.5, 0.6) is 0 Å². The molecule has 58 heavy (non-hydrogen) atoms. The minimum absolute atomic E-state index is 0.0892. The van der Waals surface area contributed by atoms with E-state index < -0.39 is 6.10 Å². The van der Waals surface area contributed by atoms with Gasteiger partial charge in [0.2, 0.25) is 0 Å². The second kappa shape index (κ2) is 46.8. The Labute approximate surface area is 358 Å². The van der Waals surface area contributed by atoms with Crippen molar-refractivity contribution in [2.75, 3.05) is 13.2 Å². The maximum Gasteiger partial charge on any atom is 0.306 e. The highest BCUT2D eigenvalue weighted by atomic mass is 16.6. The van der Waals surface area contributed by atoms with E-state index >= 15 is 0 Å². The van der Waals surface area contributed by atoms with Crippen molar-refractivity contribution < 1.29 is 28.6 Å². The zero-order chi connectivity index (χ0) is 42.3. The number of unbranched alkanes of at least 4 members (excludes halogenated alkanes) is 22. The summed E-state index contributed by atoms with van der Waals surface area (Å²) in [7, 11) is 0. The summed E-state index contributed by atoms with van der Waals surface area (Å²) in [4.78, 5) is 37.8. The molecule has 0 bridgehead atoms. The predicted molar refractivity (Wildman–Crippen MR) is 247 cm³/mol. The summed E-state index contributed by atoms with van der Waals surface area (Å²) in [6, 6.07) is 0. The molecule has 0 fully saturated rings. The van der Waals surface area contributed by atoms with Gasteiger partial charge < -0.3 is 14.2 Å². The van der Waals surface area contributed by atoms with Gasteiger partial charge in [-0.15, -0.1) is 0 Å². The lowest BCUT2D eigenvalue weighted by molar-refractivity contribution is -0.167. The molecule has 0 saturated heterocycles. The molecule has 0 amide bonds. The maximum atomic E-state index is 12.7. The number of hydrogen-bond donors (Lipinski definition) is 0. The smallest absolute Gasteiger partial charge is 0.306 e. The topological polar surface area (TPSA) is 78.9 Å². The van der Waals surface area contributed by atoms with E-state index in [0.29, 0.717) is 19.3 Å². The Bertz CT molecular complexity index is 1070. The van der Waals surface area contributed by atoms with Gasteiger partial charge in [-0.25, -0.2) is 0 Å². The minimum atomic E-state index is -0.788. The largest absolute Gasteiger partial charge is 0.462 e. The lowest BCUT2D eigenvalue weighted by Crippen LogP contribution is -2.30. The summed E-state index contributed by atoms with van der Waals surface area (Å²) < 4.78 is 16.7. The molecule has 0 aliphatic heterocycles. The fourth-order valence-corrected chi connectivity index (χ4v) is 6.47. The molecule has 0 heterocycles. The molecular formula is C52H90O6. The number of carbonyl (C=O) groups excluding carboxylic acids is 3. The maximum absolute atomic E-state index is 12.7. The molecular weight excluding hydrogens is 721 g/mol. The van der Waals surface area contributed by atoms with Gasteiger partial charge >= 0.3 is 17.9 Å². The Balaban J connectivity index is 4.44. The van der Waals surface area contributed by atoms with Gasteiger partial charge in [-0.1, -0.05) is 178 Å². The molecule has 6 heteroatoms. The van der Waals surface area contributed by atoms with Crippen molar-refractivity contribution in [3.05, 3.63) is 60.8 Å². The predicted octanol–water partition coefficient (Wildman–Crippen LogP) is 15.7. The van der Waals surface area contributed by atoms with Crippen LogP contribution in [-0.2, 0) is 28.6 Å². The zero-order valence-corrected chi connectivity index (χ0v) is 38.0. The molecule has 0 aromatic rings. The fourth-order valence-electron chi connectivity index (χ4n) is 6.47. The van der Waals surface area contributed by atoms with Crippen LogP contribution in [0, 0.1) is 0 Å². The molecule has 0 rings (SSSR count). The Hall–Kier alpha value is -2.89. The van der Waals surface area contributed by atoms with Crippen molar-refractivity contribution in [2.24, 2.45) is 0 Å². The highest BCUT2D eigenvalue weighted by Crippen LogP contribution is 2.13. The molecule has 0 saturated carbocycles. The van der Waals surface area contributed by atoms with Crippen LogP contribution >= 0.6 is 0 Å². The van der Waals surface area contributed by atoms with Crippen molar-refractivity contribution in [3.8, 4) is 0 Å². The van der Waals surface area contributed by atoms with Gasteiger partial charge in [-0.05, 0) is 96.3 Å². The molecule has 0 spiro atoms. The number of esters is 3. The third kappa shape index (κ3) is 44.2. The highest BCUT2D eigenvalue weighted by Gasteiger charge is 2.19. The van der Waals surface area contributed by atoms with E-state index in [2.05, 4.69) is 81.5 Å². The second-order valence-corrected chi connectivity index (χ2v) is 16.0. The third-order valence-electron chi connectivity index (χ3n) is 10.2. The number of hydrogen-bond acceptors (Lipinski definition) is 6.